The molecule has 0 aromatic heterocycles. The number of hydrogen-bond acceptors (Lipinski definition) is 0. The molecule has 0 amide bonds. The summed E-state index contributed by atoms with van der Waals surface area (Å²) in [6.45, 7) is 10.4. The van der Waals surface area contributed by atoms with E-state index in [-0.39, 0.29) is 0 Å². The maximum absolute atomic E-state index is 2.65. The van der Waals surface area contributed by atoms with Crippen LogP contribution in [0.1, 0.15) is 11.1 Å². The average molecular weight is 557 g/mol. The molecular formula is C36H40Si3. The van der Waals surface area contributed by atoms with Crippen molar-refractivity contribution in [3.8, 4) is 0 Å². The molecule has 0 spiro atoms. The van der Waals surface area contributed by atoms with Gasteiger partial charge < -0.3 is 0 Å². The van der Waals surface area contributed by atoms with Gasteiger partial charge in [-0.2, -0.15) is 0 Å². The van der Waals surface area contributed by atoms with E-state index >= 15 is 0 Å². The van der Waals surface area contributed by atoms with Crippen LogP contribution in [0.15, 0.2) is 146 Å². The zero-order valence-electron chi connectivity index (χ0n) is 23.8. The second kappa shape index (κ2) is 11.5. The van der Waals surface area contributed by atoms with Crippen molar-refractivity contribution in [1.82, 2.24) is 0 Å². The summed E-state index contributed by atoms with van der Waals surface area (Å²) in [6, 6.07) is 57.5. The van der Waals surface area contributed by atoms with Crippen LogP contribution in [0.2, 0.25) is 26.2 Å². The summed E-state index contributed by atoms with van der Waals surface area (Å²) in [5, 5.41) is 6.15. The van der Waals surface area contributed by atoms with Gasteiger partial charge >= 0.3 is 0 Å². The molecule has 0 bridgehead atoms. The van der Waals surface area contributed by atoms with E-state index in [9.17, 15) is 0 Å². The molecule has 0 aliphatic carbocycles. The highest BCUT2D eigenvalue weighted by molar-refractivity contribution is 7.59. The smallest absolute Gasteiger partial charge is 0.0689 e. The molecule has 3 heteroatoms. The second-order valence-electron chi connectivity index (χ2n) is 12.1. The van der Waals surface area contributed by atoms with Crippen molar-refractivity contribution in [3.63, 3.8) is 0 Å². The maximum atomic E-state index is 2.65. The molecule has 196 valence electrons. The highest BCUT2D eigenvalue weighted by Crippen LogP contribution is 2.23. The predicted molar refractivity (Wildman–Crippen MR) is 179 cm³/mol. The van der Waals surface area contributed by atoms with Gasteiger partial charge in [0.15, 0.2) is 0 Å². The van der Waals surface area contributed by atoms with Crippen molar-refractivity contribution in [2.45, 2.75) is 38.3 Å². The Labute approximate surface area is 238 Å². The van der Waals surface area contributed by atoms with E-state index in [0.717, 1.165) is 0 Å². The van der Waals surface area contributed by atoms with Gasteiger partial charge in [-0.1, -0.05) is 204 Å². The first-order valence-electron chi connectivity index (χ1n) is 14.1. The van der Waals surface area contributed by atoms with Gasteiger partial charge in [0.2, 0.25) is 0 Å². The third kappa shape index (κ3) is 5.58. The fourth-order valence-corrected chi connectivity index (χ4v) is 24.7. The number of benzene rings is 5. The number of rotatable bonds is 9. The Kier molecular flexibility index (Phi) is 8.03. The SMILES string of the molecule is C[Si](C)(Cc1ccccc1)Cc1cccc([Si](C)(c2ccccc2)[Si](C)(c2ccccc2)c2ccccc2)c1. The lowest BCUT2D eigenvalue weighted by molar-refractivity contribution is 1.21. The molecule has 5 aromatic rings. The van der Waals surface area contributed by atoms with Crippen molar-refractivity contribution in [2.24, 2.45) is 0 Å². The van der Waals surface area contributed by atoms with E-state index in [0.29, 0.717) is 0 Å². The molecule has 0 heterocycles. The van der Waals surface area contributed by atoms with Gasteiger partial charge in [0.25, 0.3) is 0 Å². The highest BCUT2D eigenvalue weighted by Gasteiger charge is 2.53. The molecule has 1 atom stereocenters. The van der Waals surface area contributed by atoms with Crippen LogP contribution in [0.5, 0.6) is 0 Å². The molecule has 39 heavy (non-hydrogen) atoms. The summed E-state index contributed by atoms with van der Waals surface area (Å²) in [5.74, 6) is 0. The van der Waals surface area contributed by atoms with Gasteiger partial charge in [-0.05, 0) is 12.1 Å². The topological polar surface area (TPSA) is 0 Å². The van der Waals surface area contributed by atoms with E-state index in [4.69, 9.17) is 0 Å². The standard InChI is InChI=1S/C36H40Si3/c1-37(2,29-31-18-9-5-10-19-31)30-32-20-17-27-36(28-32)39(4,35-25-15-8-16-26-35)38(3,33-21-11-6-12-22-33)34-23-13-7-14-24-34/h5-28H,29-30H2,1-4H3. The summed E-state index contributed by atoms with van der Waals surface area (Å²) in [5.41, 5.74) is 2.98. The Morgan fingerprint density at radius 2 is 0.692 bits per heavy atom. The van der Waals surface area contributed by atoms with Gasteiger partial charge in [-0.3, -0.25) is 0 Å². The molecule has 0 nitrogen and oxygen atoms in total. The lowest BCUT2D eigenvalue weighted by Gasteiger charge is -2.45. The Bertz CT molecular complexity index is 1440. The van der Waals surface area contributed by atoms with E-state index in [2.05, 4.69) is 172 Å². The highest BCUT2D eigenvalue weighted by atomic mass is 29.3. The quantitative estimate of drug-likeness (QED) is 0.184. The molecule has 0 saturated carbocycles. The molecule has 0 aliphatic heterocycles. The van der Waals surface area contributed by atoms with Crippen LogP contribution in [0.3, 0.4) is 0 Å². The molecule has 0 saturated heterocycles. The van der Waals surface area contributed by atoms with Crippen molar-refractivity contribution >= 4 is 44.0 Å². The van der Waals surface area contributed by atoms with E-state index in [1.54, 1.807) is 5.19 Å². The lowest BCUT2D eigenvalue weighted by atomic mass is 10.2. The average Bonchev–Trinajstić information content (AvgIpc) is 2.98. The summed E-state index contributed by atoms with van der Waals surface area (Å²) in [6.07, 6.45) is 0. The van der Waals surface area contributed by atoms with Crippen LogP contribution in [-0.2, 0) is 12.1 Å². The Balaban J connectivity index is 1.66. The van der Waals surface area contributed by atoms with Crippen molar-refractivity contribution in [1.29, 1.82) is 0 Å². The fourth-order valence-electron chi connectivity index (χ4n) is 6.56. The van der Waals surface area contributed by atoms with Crippen LogP contribution < -0.4 is 20.7 Å². The summed E-state index contributed by atoms with van der Waals surface area (Å²) < 4.78 is 0. The Morgan fingerprint density at radius 1 is 0.359 bits per heavy atom. The third-order valence-corrected chi connectivity index (χ3v) is 28.9. The predicted octanol–water partition coefficient (Wildman–Crippen LogP) is 6.42. The zero-order chi connectivity index (χ0) is 27.3. The molecule has 0 radical (unpaired) electrons. The normalized spacial score (nSPS) is 13.5. The first-order valence-corrected chi connectivity index (χ1v) is 23.5. The van der Waals surface area contributed by atoms with Crippen LogP contribution in [0.4, 0.5) is 0 Å². The van der Waals surface area contributed by atoms with Gasteiger partial charge in [-0.25, -0.2) is 0 Å². The van der Waals surface area contributed by atoms with Crippen molar-refractivity contribution in [2.75, 3.05) is 0 Å². The summed E-state index contributed by atoms with van der Waals surface area (Å²) in [4.78, 5) is 0. The van der Waals surface area contributed by atoms with Gasteiger partial charge in [0.05, 0.1) is 8.07 Å². The van der Waals surface area contributed by atoms with E-state index in [1.807, 2.05) is 0 Å². The van der Waals surface area contributed by atoms with Crippen LogP contribution in [0.25, 0.3) is 0 Å². The minimum absolute atomic E-state index is 1.20. The molecule has 0 N–H and O–H groups in total. The molecule has 5 rings (SSSR count). The Morgan fingerprint density at radius 3 is 1.15 bits per heavy atom. The van der Waals surface area contributed by atoms with Crippen LogP contribution >= 0.6 is 0 Å². The van der Waals surface area contributed by atoms with Crippen LogP contribution in [0, 0.1) is 0 Å². The summed E-state index contributed by atoms with van der Waals surface area (Å²) in [7, 11) is -5.99. The maximum Gasteiger partial charge on any atom is 0.118 e. The van der Waals surface area contributed by atoms with Crippen molar-refractivity contribution < 1.29 is 0 Å². The molecule has 1 unspecified atom stereocenters. The minimum Gasteiger partial charge on any atom is -0.0689 e. The van der Waals surface area contributed by atoms with E-state index < -0.39 is 23.3 Å². The van der Waals surface area contributed by atoms with Gasteiger partial charge in [0, 0.05) is 0 Å². The van der Waals surface area contributed by atoms with Crippen LogP contribution in [-0.4, -0.2) is 23.3 Å². The summed E-state index contributed by atoms with van der Waals surface area (Å²) >= 11 is 0. The Hall–Kier alpha value is -3.25. The lowest BCUT2D eigenvalue weighted by Crippen LogP contribution is -2.82. The number of hydrogen-bond donors (Lipinski definition) is 0. The van der Waals surface area contributed by atoms with E-state index in [1.165, 1.54) is 38.8 Å². The minimum atomic E-state index is -2.26. The zero-order valence-corrected chi connectivity index (χ0v) is 26.8. The molecule has 5 aromatic carbocycles. The molecule has 0 fully saturated rings. The first kappa shape index (κ1) is 27.3. The molecular weight excluding hydrogens is 517 g/mol. The molecule has 0 aliphatic rings. The largest absolute Gasteiger partial charge is 0.118 e. The monoisotopic (exact) mass is 556 g/mol. The van der Waals surface area contributed by atoms with Gasteiger partial charge in [-0.15, -0.1) is 0 Å². The van der Waals surface area contributed by atoms with Gasteiger partial charge in [0.1, 0.15) is 15.2 Å². The van der Waals surface area contributed by atoms with Crippen molar-refractivity contribution in [3.05, 3.63) is 157 Å². The second-order valence-corrected chi connectivity index (χ2v) is 29.9. The third-order valence-electron chi connectivity index (χ3n) is 8.77. The first-order chi connectivity index (χ1) is 18.8. The fraction of sp³-hybridized carbons (Fsp3) is 0.167.